The molecule has 2 rings (SSSR count). The van der Waals surface area contributed by atoms with Gasteiger partial charge in [0.25, 0.3) is 11.1 Å². The van der Waals surface area contributed by atoms with Crippen molar-refractivity contribution in [3.05, 3.63) is 28.2 Å². The summed E-state index contributed by atoms with van der Waals surface area (Å²) in [6.45, 7) is 1.73. The molecule has 0 saturated carbocycles. The summed E-state index contributed by atoms with van der Waals surface area (Å²) in [6, 6.07) is 3.31. The number of aromatic hydroxyl groups is 1. The number of nitrogens with one attached hydrogen (secondary N) is 1. The molecule has 1 heterocycles. The highest BCUT2D eigenvalue weighted by Gasteiger charge is 2.25. The van der Waals surface area contributed by atoms with Crippen LogP contribution in [0.3, 0.4) is 0 Å². The van der Waals surface area contributed by atoms with E-state index in [0.29, 0.717) is 21.8 Å². The number of aryl methyl sites for hydroxylation is 1. The molecule has 0 radical (unpaired) electrons. The van der Waals surface area contributed by atoms with Crippen molar-refractivity contribution in [1.29, 1.82) is 0 Å². The summed E-state index contributed by atoms with van der Waals surface area (Å²) in [5.74, 6) is -0.00877. The number of rotatable bonds is 2. The fourth-order valence-electron chi connectivity index (χ4n) is 1.59. The lowest BCUT2D eigenvalue weighted by Crippen LogP contribution is -2.17. The van der Waals surface area contributed by atoms with Gasteiger partial charge in [0.05, 0.1) is 12.0 Å². The molecular formula is C12H11NO4S. The van der Waals surface area contributed by atoms with Crippen LogP contribution < -0.4 is 10.1 Å². The number of carbonyl (C=O) groups is 2. The van der Waals surface area contributed by atoms with Gasteiger partial charge in [0, 0.05) is 0 Å². The highest BCUT2D eigenvalue weighted by molar-refractivity contribution is 8.18. The van der Waals surface area contributed by atoms with Crippen molar-refractivity contribution < 1.29 is 19.4 Å². The molecule has 2 N–H and O–H groups in total. The number of amides is 2. The van der Waals surface area contributed by atoms with Crippen molar-refractivity contribution >= 4 is 29.0 Å². The Labute approximate surface area is 108 Å². The molecule has 1 aliphatic heterocycles. The summed E-state index contributed by atoms with van der Waals surface area (Å²) in [5.41, 5.74) is 1.32. The molecule has 0 aliphatic carbocycles. The van der Waals surface area contributed by atoms with Crippen LogP contribution in [0.15, 0.2) is 17.0 Å². The first-order chi connectivity index (χ1) is 8.51. The van der Waals surface area contributed by atoms with Crippen LogP contribution in [0.1, 0.15) is 11.1 Å². The third-order valence-electron chi connectivity index (χ3n) is 2.45. The van der Waals surface area contributed by atoms with E-state index < -0.39 is 5.91 Å². The smallest absolute Gasteiger partial charge is 0.290 e. The molecule has 1 fully saturated rings. The van der Waals surface area contributed by atoms with Crippen LogP contribution in [0.25, 0.3) is 6.08 Å². The van der Waals surface area contributed by atoms with Crippen molar-refractivity contribution in [3.63, 3.8) is 0 Å². The number of benzene rings is 1. The average Bonchev–Trinajstić information content (AvgIpc) is 2.62. The van der Waals surface area contributed by atoms with E-state index in [1.807, 2.05) is 0 Å². The lowest BCUT2D eigenvalue weighted by Gasteiger charge is -2.07. The number of hydrogen-bond acceptors (Lipinski definition) is 5. The molecule has 0 spiro atoms. The van der Waals surface area contributed by atoms with Crippen LogP contribution in [0.4, 0.5) is 4.79 Å². The van der Waals surface area contributed by atoms with Gasteiger partial charge in [0.2, 0.25) is 0 Å². The topological polar surface area (TPSA) is 75.6 Å². The number of imide groups is 1. The fraction of sp³-hybridized carbons (Fsp3) is 0.167. The maximum Gasteiger partial charge on any atom is 0.290 e. The normalized spacial score (nSPS) is 17.1. The number of carbonyl (C=O) groups excluding carboxylic acids is 2. The lowest BCUT2D eigenvalue weighted by molar-refractivity contribution is -0.115. The number of methoxy groups -OCH3 is 1. The Bertz CT molecular complexity index is 565. The summed E-state index contributed by atoms with van der Waals surface area (Å²) < 4.78 is 5.03. The maximum absolute atomic E-state index is 11.4. The Morgan fingerprint density at radius 3 is 2.67 bits per heavy atom. The largest absolute Gasteiger partial charge is 0.504 e. The monoisotopic (exact) mass is 265 g/mol. The predicted molar refractivity (Wildman–Crippen MR) is 68.5 cm³/mol. The van der Waals surface area contributed by atoms with E-state index >= 15 is 0 Å². The molecule has 18 heavy (non-hydrogen) atoms. The number of thioether (sulfide) groups is 1. The molecule has 1 saturated heterocycles. The second-order valence-electron chi connectivity index (χ2n) is 3.74. The fourth-order valence-corrected chi connectivity index (χ4v) is 2.27. The average molecular weight is 265 g/mol. The lowest BCUT2D eigenvalue weighted by atomic mass is 10.1. The Morgan fingerprint density at radius 2 is 2.11 bits per heavy atom. The summed E-state index contributed by atoms with van der Waals surface area (Å²) in [4.78, 5) is 22.7. The molecule has 0 bridgehead atoms. The van der Waals surface area contributed by atoms with Gasteiger partial charge >= 0.3 is 0 Å². The Balaban J connectivity index is 2.41. The van der Waals surface area contributed by atoms with Crippen LogP contribution in [-0.4, -0.2) is 23.4 Å². The number of hydrogen-bond donors (Lipinski definition) is 2. The van der Waals surface area contributed by atoms with Gasteiger partial charge in [-0.1, -0.05) is 0 Å². The summed E-state index contributed by atoms with van der Waals surface area (Å²) >= 11 is 0.850. The molecule has 0 unspecified atom stereocenters. The van der Waals surface area contributed by atoms with Crippen LogP contribution >= 0.6 is 11.8 Å². The molecule has 2 amide bonds. The second-order valence-corrected chi connectivity index (χ2v) is 4.76. The molecular weight excluding hydrogens is 254 g/mol. The van der Waals surface area contributed by atoms with Crippen LogP contribution in [0.2, 0.25) is 0 Å². The van der Waals surface area contributed by atoms with E-state index in [1.165, 1.54) is 7.11 Å². The quantitative estimate of drug-likeness (QED) is 0.800. The Kier molecular flexibility index (Phi) is 3.29. The van der Waals surface area contributed by atoms with Gasteiger partial charge in [0.15, 0.2) is 11.5 Å². The van der Waals surface area contributed by atoms with Crippen molar-refractivity contribution in [2.24, 2.45) is 0 Å². The third kappa shape index (κ3) is 2.33. The van der Waals surface area contributed by atoms with E-state index in [4.69, 9.17) is 4.74 Å². The van der Waals surface area contributed by atoms with Gasteiger partial charge in [-0.3, -0.25) is 14.9 Å². The van der Waals surface area contributed by atoms with Gasteiger partial charge in [-0.25, -0.2) is 0 Å². The van der Waals surface area contributed by atoms with Gasteiger partial charge < -0.3 is 9.84 Å². The highest BCUT2D eigenvalue weighted by Crippen LogP contribution is 2.33. The predicted octanol–water partition coefficient (Wildman–Crippen LogP) is 2.03. The van der Waals surface area contributed by atoms with E-state index in [2.05, 4.69) is 5.32 Å². The van der Waals surface area contributed by atoms with Crippen LogP contribution in [0.5, 0.6) is 11.5 Å². The van der Waals surface area contributed by atoms with Gasteiger partial charge in [-0.15, -0.1) is 0 Å². The van der Waals surface area contributed by atoms with Crippen LogP contribution in [-0.2, 0) is 4.79 Å². The molecule has 1 aliphatic rings. The first-order valence-electron chi connectivity index (χ1n) is 5.13. The first kappa shape index (κ1) is 12.5. The van der Waals surface area contributed by atoms with Crippen molar-refractivity contribution in [2.45, 2.75) is 6.92 Å². The SMILES string of the molecule is COc1cc(/C=C2/SC(=O)NC2=O)cc(C)c1O. The maximum atomic E-state index is 11.4. The minimum Gasteiger partial charge on any atom is -0.504 e. The molecule has 94 valence electrons. The zero-order valence-corrected chi connectivity index (χ0v) is 10.6. The third-order valence-corrected chi connectivity index (χ3v) is 3.26. The highest BCUT2D eigenvalue weighted by atomic mass is 32.2. The van der Waals surface area contributed by atoms with Crippen molar-refractivity contribution in [3.8, 4) is 11.5 Å². The van der Waals surface area contributed by atoms with Gasteiger partial charge in [0.1, 0.15) is 0 Å². The first-order valence-corrected chi connectivity index (χ1v) is 5.95. The minimum absolute atomic E-state index is 0.0688. The van der Waals surface area contributed by atoms with Crippen molar-refractivity contribution in [2.75, 3.05) is 7.11 Å². The zero-order chi connectivity index (χ0) is 13.3. The molecule has 0 atom stereocenters. The van der Waals surface area contributed by atoms with Crippen LogP contribution in [0, 0.1) is 6.92 Å². The van der Waals surface area contributed by atoms with E-state index in [9.17, 15) is 14.7 Å². The standard InChI is InChI=1S/C12H11NO4S/c1-6-3-7(4-8(17-2)10(6)14)5-9-11(15)13-12(16)18-9/h3-5,14H,1-2H3,(H,13,15,16)/b9-5+. The molecule has 1 aromatic carbocycles. The van der Waals surface area contributed by atoms with E-state index in [0.717, 1.165) is 11.8 Å². The van der Waals surface area contributed by atoms with E-state index in [1.54, 1.807) is 25.1 Å². The minimum atomic E-state index is -0.408. The number of phenolic OH excluding ortho intramolecular Hbond substituents is 1. The summed E-state index contributed by atoms with van der Waals surface area (Å²) in [6.07, 6.45) is 1.58. The molecule has 0 aromatic heterocycles. The molecule has 1 aromatic rings. The Hall–Kier alpha value is -1.95. The van der Waals surface area contributed by atoms with Crippen molar-refractivity contribution in [1.82, 2.24) is 5.32 Å². The second kappa shape index (κ2) is 4.73. The van der Waals surface area contributed by atoms with Gasteiger partial charge in [-0.2, -0.15) is 0 Å². The van der Waals surface area contributed by atoms with Gasteiger partial charge in [-0.05, 0) is 48.0 Å². The molecule has 6 heteroatoms. The Morgan fingerprint density at radius 1 is 1.39 bits per heavy atom. The number of phenols is 1. The number of ether oxygens (including phenoxy) is 1. The summed E-state index contributed by atoms with van der Waals surface area (Å²) in [7, 11) is 1.45. The summed E-state index contributed by atoms with van der Waals surface area (Å²) in [5, 5.41) is 11.5. The zero-order valence-electron chi connectivity index (χ0n) is 9.81. The molecule has 5 nitrogen and oxygen atoms in total. The van der Waals surface area contributed by atoms with E-state index in [-0.39, 0.29) is 11.0 Å².